The summed E-state index contributed by atoms with van der Waals surface area (Å²) in [4.78, 5) is 26.9. The van der Waals surface area contributed by atoms with Crippen LogP contribution in [0.25, 0.3) is 0 Å². The molecule has 8 nitrogen and oxygen atoms in total. The third-order valence-electron chi connectivity index (χ3n) is 5.65. The standard InChI is InChI=1S/C18H23N7O/c1-22-6-7-24(18(22)26)15-9-21-25(11-15)14-4-5-23(10-14)17-8-16(13-2-3-13)19-12-20-17/h8-9,11-14H,2-7,10H2,1H3. The molecule has 26 heavy (non-hydrogen) atoms. The summed E-state index contributed by atoms with van der Waals surface area (Å²) in [5.41, 5.74) is 2.06. The van der Waals surface area contributed by atoms with Crippen molar-refractivity contribution < 1.29 is 4.79 Å². The second-order valence-electron chi connectivity index (χ2n) is 7.50. The van der Waals surface area contributed by atoms with Crippen LogP contribution in [0.15, 0.2) is 24.8 Å². The van der Waals surface area contributed by atoms with E-state index in [0.29, 0.717) is 12.0 Å². The molecule has 0 radical (unpaired) electrons. The second kappa shape index (κ2) is 5.96. The van der Waals surface area contributed by atoms with E-state index >= 15 is 0 Å². The van der Waals surface area contributed by atoms with E-state index in [1.165, 1.54) is 18.5 Å². The largest absolute Gasteiger partial charge is 0.354 e. The Morgan fingerprint density at radius 2 is 2.00 bits per heavy atom. The molecule has 0 spiro atoms. The van der Waals surface area contributed by atoms with Crippen LogP contribution in [0.1, 0.15) is 36.9 Å². The fourth-order valence-corrected chi connectivity index (χ4v) is 3.86. The Balaban J connectivity index is 1.29. The molecule has 3 aliphatic rings. The van der Waals surface area contributed by atoms with Crippen molar-refractivity contribution in [2.24, 2.45) is 0 Å². The van der Waals surface area contributed by atoms with Gasteiger partial charge < -0.3 is 9.80 Å². The maximum absolute atomic E-state index is 12.2. The van der Waals surface area contributed by atoms with Crippen LogP contribution in [-0.4, -0.2) is 63.9 Å². The highest BCUT2D eigenvalue weighted by Crippen LogP contribution is 2.39. The summed E-state index contributed by atoms with van der Waals surface area (Å²) in [6, 6.07) is 2.50. The molecule has 2 amide bonds. The van der Waals surface area contributed by atoms with Crippen molar-refractivity contribution in [1.29, 1.82) is 0 Å². The molecule has 4 heterocycles. The third kappa shape index (κ3) is 2.69. The minimum absolute atomic E-state index is 0.0474. The second-order valence-corrected chi connectivity index (χ2v) is 7.50. The summed E-state index contributed by atoms with van der Waals surface area (Å²) >= 11 is 0. The summed E-state index contributed by atoms with van der Waals surface area (Å²) in [5.74, 6) is 1.66. The van der Waals surface area contributed by atoms with Crippen LogP contribution in [-0.2, 0) is 0 Å². The highest BCUT2D eigenvalue weighted by atomic mass is 16.2. The molecule has 2 aliphatic heterocycles. The van der Waals surface area contributed by atoms with E-state index < -0.39 is 0 Å². The van der Waals surface area contributed by atoms with Gasteiger partial charge in [0.2, 0.25) is 0 Å². The van der Waals surface area contributed by atoms with E-state index in [4.69, 9.17) is 0 Å². The number of rotatable bonds is 4. The lowest BCUT2D eigenvalue weighted by molar-refractivity contribution is 0.229. The SMILES string of the molecule is CN1CCN(c2cnn(C3CCN(c4cc(C5CC5)ncn4)C3)c2)C1=O. The van der Waals surface area contributed by atoms with Crippen molar-refractivity contribution >= 4 is 17.5 Å². The van der Waals surface area contributed by atoms with Crippen LogP contribution in [0.4, 0.5) is 16.3 Å². The first-order valence-corrected chi connectivity index (χ1v) is 9.33. The Morgan fingerprint density at radius 1 is 1.12 bits per heavy atom. The molecule has 0 N–H and O–H groups in total. The van der Waals surface area contributed by atoms with Crippen LogP contribution < -0.4 is 9.80 Å². The number of carbonyl (C=O) groups excluding carboxylic acids is 1. The van der Waals surface area contributed by atoms with Crippen LogP contribution >= 0.6 is 0 Å². The number of aromatic nitrogens is 4. The van der Waals surface area contributed by atoms with Crippen molar-refractivity contribution in [2.75, 3.05) is 43.0 Å². The molecular formula is C18H23N7O. The zero-order valence-corrected chi connectivity index (χ0v) is 15.0. The molecular weight excluding hydrogens is 330 g/mol. The Labute approximate surface area is 152 Å². The lowest BCUT2D eigenvalue weighted by Gasteiger charge is -2.18. The van der Waals surface area contributed by atoms with Crippen LogP contribution in [0.2, 0.25) is 0 Å². The Kier molecular flexibility index (Phi) is 3.58. The Hall–Kier alpha value is -2.64. The molecule has 1 saturated carbocycles. The van der Waals surface area contributed by atoms with Crippen LogP contribution in [0, 0.1) is 0 Å². The number of hydrogen-bond acceptors (Lipinski definition) is 5. The maximum atomic E-state index is 12.2. The summed E-state index contributed by atoms with van der Waals surface area (Å²) < 4.78 is 2.00. The molecule has 136 valence electrons. The zero-order valence-electron chi connectivity index (χ0n) is 15.0. The van der Waals surface area contributed by atoms with Crippen molar-refractivity contribution in [3.8, 4) is 0 Å². The van der Waals surface area contributed by atoms with Crippen molar-refractivity contribution in [3.05, 3.63) is 30.5 Å². The van der Waals surface area contributed by atoms with Gasteiger partial charge in [0, 0.05) is 57.1 Å². The fourth-order valence-electron chi connectivity index (χ4n) is 3.86. The van der Waals surface area contributed by atoms with E-state index in [0.717, 1.165) is 44.1 Å². The van der Waals surface area contributed by atoms with E-state index in [1.807, 2.05) is 17.9 Å². The Bertz CT molecular complexity index is 830. The van der Waals surface area contributed by atoms with Gasteiger partial charge in [-0.25, -0.2) is 14.8 Å². The monoisotopic (exact) mass is 353 g/mol. The first-order valence-electron chi connectivity index (χ1n) is 9.33. The molecule has 0 aromatic carbocycles. The number of anilines is 2. The number of hydrogen-bond donors (Lipinski definition) is 0. The van der Waals surface area contributed by atoms with Gasteiger partial charge in [0.15, 0.2) is 0 Å². The average molecular weight is 353 g/mol. The van der Waals surface area contributed by atoms with Crippen molar-refractivity contribution in [2.45, 2.75) is 31.2 Å². The third-order valence-corrected chi connectivity index (χ3v) is 5.65. The lowest BCUT2D eigenvalue weighted by Crippen LogP contribution is -2.28. The predicted octanol–water partition coefficient (Wildman–Crippen LogP) is 1.87. The number of likely N-dealkylation sites (N-methyl/N-ethyl adjacent to an activating group) is 1. The van der Waals surface area contributed by atoms with Crippen molar-refractivity contribution in [1.82, 2.24) is 24.6 Å². The number of nitrogens with zero attached hydrogens (tertiary/aromatic N) is 7. The predicted molar refractivity (Wildman–Crippen MR) is 97.5 cm³/mol. The van der Waals surface area contributed by atoms with Gasteiger partial charge in [-0.3, -0.25) is 9.58 Å². The molecule has 8 heteroatoms. The van der Waals surface area contributed by atoms with Gasteiger partial charge in [-0.2, -0.15) is 5.10 Å². The quantitative estimate of drug-likeness (QED) is 0.839. The highest BCUT2D eigenvalue weighted by molar-refractivity contribution is 5.93. The van der Waals surface area contributed by atoms with Gasteiger partial charge in [0.25, 0.3) is 0 Å². The van der Waals surface area contributed by atoms with Crippen LogP contribution in [0.3, 0.4) is 0 Å². The summed E-state index contributed by atoms with van der Waals surface area (Å²) in [7, 11) is 1.83. The van der Waals surface area contributed by atoms with Gasteiger partial charge in [-0.05, 0) is 19.3 Å². The molecule has 5 rings (SSSR count). The number of urea groups is 1. The summed E-state index contributed by atoms with van der Waals surface area (Å²) in [5, 5.41) is 4.53. The topological polar surface area (TPSA) is 70.4 Å². The highest BCUT2D eigenvalue weighted by Gasteiger charge is 2.31. The molecule has 2 aromatic heterocycles. The molecule has 2 saturated heterocycles. The Morgan fingerprint density at radius 3 is 2.77 bits per heavy atom. The molecule has 2 aromatic rings. The van der Waals surface area contributed by atoms with Gasteiger partial charge in [0.1, 0.15) is 12.1 Å². The molecule has 1 unspecified atom stereocenters. The molecule has 0 bridgehead atoms. The number of carbonyl (C=O) groups is 1. The summed E-state index contributed by atoms with van der Waals surface area (Å²) in [6.07, 6.45) is 9.02. The van der Waals surface area contributed by atoms with Gasteiger partial charge in [-0.15, -0.1) is 0 Å². The smallest absolute Gasteiger partial charge is 0.324 e. The van der Waals surface area contributed by atoms with E-state index in [-0.39, 0.29) is 6.03 Å². The minimum Gasteiger partial charge on any atom is -0.354 e. The average Bonchev–Trinajstić information content (AvgIpc) is 3.04. The number of amides is 2. The maximum Gasteiger partial charge on any atom is 0.324 e. The van der Waals surface area contributed by atoms with Crippen molar-refractivity contribution in [3.63, 3.8) is 0 Å². The summed E-state index contributed by atoms with van der Waals surface area (Å²) in [6.45, 7) is 3.34. The molecule has 1 atom stereocenters. The van der Waals surface area contributed by atoms with Gasteiger partial charge >= 0.3 is 6.03 Å². The molecule has 1 aliphatic carbocycles. The zero-order chi connectivity index (χ0) is 17.7. The van der Waals surface area contributed by atoms with E-state index in [1.54, 1.807) is 22.3 Å². The van der Waals surface area contributed by atoms with Crippen LogP contribution in [0.5, 0.6) is 0 Å². The van der Waals surface area contributed by atoms with E-state index in [9.17, 15) is 4.79 Å². The van der Waals surface area contributed by atoms with E-state index in [2.05, 4.69) is 26.0 Å². The minimum atomic E-state index is 0.0474. The normalized spacial score (nSPS) is 23.3. The fraction of sp³-hybridized carbons (Fsp3) is 0.556. The van der Waals surface area contributed by atoms with Gasteiger partial charge in [-0.1, -0.05) is 0 Å². The first kappa shape index (κ1) is 15.6. The lowest BCUT2D eigenvalue weighted by atomic mass is 10.2. The molecule has 3 fully saturated rings. The first-order chi connectivity index (χ1) is 12.7. The van der Waals surface area contributed by atoms with Gasteiger partial charge in [0.05, 0.1) is 17.9 Å².